The van der Waals surface area contributed by atoms with E-state index < -0.39 is 40.0 Å². The third-order valence-electron chi connectivity index (χ3n) is 7.13. The van der Waals surface area contributed by atoms with E-state index in [1.165, 1.54) is 19.3 Å². The van der Waals surface area contributed by atoms with Crippen LogP contribution in [0.1, 0.15) is 58.8 Å². The summed E-state index contributed by atoms with van der Waals surface area (Å²) in [5, 5.41) is -4.41. The highest BCUT2D eigenvalue weighted by atomic mass is 32.2. The normalized spacial score (nSPS) is 31.7. The molecule has 29 heavy (non-hydrogen) atoms. The Morgan fingerprint density at radius 3 is 2.07 bits per heavy atom. The SMILES string of the molecule is C=C(COCCC(F)(F)S(=O)(=O)[O-])C(=O)OC(C)(C)C12CC3CC(CC(C3)C1)C2. The third kappa shape index (κ3) is 4.51. The number of carbonyl (C=O) groups excluding carboxylic acids is 1. The summed E-state index contributed by atoms with van der Waals surface area (Å²) >= 11 is 0. The van der Waals surface area contributed by atoms with E-state index in [4.69, 9.17) is 9.47 Å². The van der Waals surface area contributed by atoms with E-state index in [-0.39, 0.29) is 17.6 Å². The van der Waals surface area contributed by atoms with Crippen molar-refractivity contribution in [3.63, 3.8) is 0 Å². The molecular formula is C20H29F2O6S-. The summed E-state index contributed by atoms with van der Waals surface area (Å²) in [7, 11) is -5.74. The number of rotatable bonds is 9. The number of alkyl halides is 2. The lowest BCUT2D eigenvalue weighted by Crippen LogP contribution is -2.57. The molecule has 4 fully saturated rings. The first kappa shape index (κ1) is 22.6. The molecule has 4 saturated carbocycles. The minimum Gasteiger partial charge on any atom is -0.743 e. The van der Waals surface area contributed by atoms with Gasteiger partial charge in [-0.15, -0.1) is 0 Å². The van der Waals surface area contributed by atoms with Crippen LogP contribution in [0.5, 0.6) is 0 Å². The molecule has 0 unspecified atom stereocenters. The molecule has 0 aromatic carbocycles. The van der Waals surface area contributed by atoms with Crippen molar-refractivity contribution in [2.75, 3.05) is 13.2 Å². The van der Waals surface area contributed by atoms with Gasteiger partial charge in [0.25, 0.3) is 0 Å². The molecule has 0 amide bonds. The molecule has 0 atom stereocenters. The highest BCUT2D eigenvalue weighted by Gasteiger charge is 2.58. The molecule has 0 aromatic heterocycles. The molecule has 4 bridgehead atoms. The smallest absolute Gasteiger partial charge is 0.336 e. The molecule has 4 aliphatic rings. The molecule has 0 saturated heterocycles. The Balaban J connectivity index is 1.51. The van der Waals surface area contributed by atoms with Crippen LogP contribution in [0.3, 0.4) is 0 Å². The maximum absolute atomic E-state index is 13.1. The molecule has 0 spiro atoms. The number of halogens is 2. The lowest BCUT2D eigenvalue weighted by Gasteiger charge is -2.61. The fraction of sp³-hybridized carbons (Fsp3) is 0.850. The molecule has 0 aliphatic heterocycles. The van der Waals surface area contributed by atoms with E-state index in [0.717, 1.165) is 19.3 Å². The van der Waals surface area contributed by atoms with Gasteiger partial charge in [-0.2, -0.15) is 8.78 Å². The summed E-state index contributed by atoms with van der Waals surface area (Å²) in [4.78, 5) is 12.5. The topological polar surface area (TPSA) is 92.7 Å². The van der Waals surface area contributed by atoms with Crippen molar-refractivity contribution in [2.45, 2.75) is 69.6 Å². The fourth-order valence-electron chi connectivity index (χ4n) is 5.83. The van der Waals surface area contributed by atoms with Crippen LogP contribution in [0, 0.1) is 23.2 Å². The minimum atomic E-state index is -5.74. The van der Waals surface area contributed by atoms with E-state index in [2.05, 4.69) is 6.58 Å². The lowest BCUT2D eigenvalue weighted by molar-refractivity contribution is -0.195. The van der Waals surface area contributed by atoms with Crippen molar-refractivity contribution in [1.82, 2.24) is 0 Å². The zero-order valence-electron chi connectivity index (χ0n) is 16.9. The van der Waals surface area contributed by atoms with Crippen LogP contribution in [-0.2, 0) is 24.4 Å². The molecule has 6 nitrogen and oxygen atoms in total. The Labute approximate surface area is 170 Å². The zero-order chi connectivity index (χ0) is 21.7. The standard InChI is InChI=1S/C20H30F2O6S/c1-13(12-27-5-4-20(21,22)29(24,25)26)17(23)28-18(2,3)19-9-14-6-15(10-19)8-16(7-14)11-19/h14-16H,1,4-12H2,2-3H3,(H,24,25,26)/p-1. The van der Waals surface area contributed by atoms with E-state index >= 15 is 0 Å². The lowest BCUT2D eigenvalue weighted by atomic mass is 9.46. The predicted molar refractivity (Wildman–Crippen MR) is 100.0 cm³/mol. The Morgan fingerprint density at radius 1 is 1.14 bits per heavy atom. The van der Waals surface area contributed by atoms with Crippen LogP contribution < -0.4 is 0 Å². The number of ether oxygens (including phenoxy) is 2. The van der Waals surface area contributed by atoms with Crippen molar-refractivity contribution in [3.8, 4) is 0 Å². The van der Waals surface area contributed by atoms with Crippen LogP contribution in [0.15, 0.2) is 12.2 Å². The second-order valence-electron chi connectivity index (χ2n) is 9.60. The molecule has 4 rings (SSSR count). The van der Waals surface area contributed by atoms with Crippen molar-refractivity contribution in [1.29, 1.82) is 0 Å². The summed E-state index contributed by atoms with van der Waals surface area (Å²) < 4.78 is 68.3. The molecular weight excluding hydrogens is 406 g/mol. The highest BCUT2D eigenvalue weighted by Crippen LogP contribution is 2.64. The largest absolute Gasteiger partial charge is 0.743 e. The summed E-state index contributed by atoms with van der Waals surface area (Å²) in [6.07, 6.45) is 5.71. The predicted octanol–water partition coefficient (Wildman–Crippen LogP) is 3.63. The van der Waals surface area contributed by atoms with Gasteiger partial charge in [0.1, 0.15) is 5.60 Å². The number of esters is 1. The summed E-state index contributed by atoms with van der Waals surface area (Å²) in [6, 6.07) is 0. The van der Waals surface area contributed by atoms with Gasteiger partial charge in [-0.05, 0) is 70.1 Å². The Hall–Kier alpha value is -1.06. The molecule has 0 heterocycles. The van der Waals surface area contributed by atoms with Crippen LogP contribution in [-0.4, -0.2) is 43.0 Å². The Kier molecular flexibility index (Phi) is 5.90. The van der Waals surface area contributed by atoms with Crippen molar-refractivity contribution in [3.05, 3.63) is 12.2 Å². The maximum Gasteiger partial charge on any atom is 0.336 e. The maximum atomic E-state index is 13.1. The van der Waals surface area contributed by atoms with Gasteiger partial charge in [-0.25, -0.2) is 13.2 Å². The fourth-order valence-corrected chi connectivity index (χ4v) is 6.16. The molecule has 0 radical (unpaired) electrons. The Morgan fingerprint density at radius 2 is 1.62 bits per heavy atom. The summed E-state index contributed by atoms with van der Waals surface area (Å²) in [6.45, 7) is 6.41. The van der Waals surface area contributed by atoms with Gasteiger partial charge < -0.3 is 14.0 Å². The molecule has 166 valence electrons. The second kappa shape index (κ2) is 7.57. The highest BCUT2D eigenvalue weighted by molar-refractivity contribution is 7.86. The quantitative estimate of drug-likeness (QED) is 0.238. The molecule has 0 aromatic rings. The van der Waals surface area contributed by atoms with Gasteiger partial charge in [0.15, 0.2) is 10.1 Å². The number of hydrogen-bond acceptors (Lipinski definition) is 6. The van der Waals surface area contributed by atoms with Crippen LogP contribution in [0.25, 0.3) is 0 Å². The van der Waals surface area contributed by atoms with Crippen LogP contribution in [0.4, 0.5) is 8.78 Å². The average Bonchev–Trinajstić information content (AvgIpc) is 2.55. The minimum absolute atomic E-state index is 0.0314. The van der Waals surface area contributed by atoms with Crippen molar-refractivity contribution >= 4 is 16.1 Å². The first-order valence-electron chi connectivity index (χ1n) is 10.1. The van der Waals surface area contributed by atoms with E-state index in [1.54, 1.807) is 0 Å². The third-order valence-corrected chi connectivity index (χ3v) is 8.07. The average molecular weight is 436 g/mol. The van der Waals surface area contributed by atoms with Gasteiger partial charge in [-0.1, -0.05) is 6.58 Å². The number of hydrogen-bond donors (Lipinski definition) is 0. The summed E-state index contributed by atoms with van der Waals surface area (Å²) in [5.74, 6) is 1.45. The zero-order valence-corrected chi connectivity index (χ0v) is 17.7. The molecule has 9 heteroatoms. The molecule has 4 aliphatic carbocycles. The van der Waals surface area contributed by atoms with Gasteiger partial charge in [-0.3, -0.25) is 0 Å². The number of carbonyl (C=O) groups is 1. The van der Waals surface area contributed by atoms with Gasteiger partial charge in [0.05, 0.1) is 18.8 Å². The Bertz CT molecular complexity index is 739. The van der Waals surface area contributed by atoms with Gasteiger partial charge in [0.2, 0.25) is 0 Å². The van der Waals surface area contributed by atoms with Crippen LogP contribution in [0.2, 0.25) is 0 Å². The van der Waals surface area contributed by atoms with E-state index in [9.17, 15) is 26.5 Å². The van der Waals surface area contributed by atoms with Crippen molar-refractivity contribution in [2.24, 2.45) is 23.2 Å². The van der Waals surface area contributed by atoms with Crippen molar-refractivity contribution < 1.29 is 36.0 Å². The van der Waals surface area contributed by atoms with E-state index in [0.29, 0.717) is 17.8 Å². The monoisotopic (exact) mass is 435 g/mol. The van der Waals surface area contributed by atoms with Gasteiger partial charge >= 0.3 is 11.2 Å². The first-order valence-corrected chi connectivity index (χ1v) is 11.5. The second-order valence-corrected chi connectivity index (χ2v) is 11.1. The first-order chi connectivity index (χ1) is 13.2. The van der Waals surface area contributed by atoms with Crippen LogP contribution >= 0.6 is 0 Å². The molecule has 0 N–H and O–H groups in total. The van der Waals surface area contributed by atoms with Gasteiger partial charge in [0, 0.05) is 11.8 Å². The summed E-state index contributed by atoms with van der Waals surface area (Å²) in [5.41, 5.74) is -0.744. The van der Waals surface area contributed by atoms with E-state index in [1.807, 2.05) is 13.8 Å².